The van der Waals surface area contributed by atoms with Crippen LogP contribution in [0.4, 0.5) is 0 Å². The lowest BCUT2D eigenvalue weighted by Gasteiger charge is -2.07. The molecule has 0 spiro atoms. The second-order valence-corrected chi connectivity index (χ2v) is 6.43. The minimum atomic E-state index is -3.36. The van der Waals surface area contributed by atoms with E-state index in [0.717, 1.165) is 6.26 Å². The van der Waals surface area contributed by atoms with E-state index >= 15 is 0 Å². The van der Waals surface area contributed by atoms with Crippen LogP contribution in [0.5, 0.6) is 11.5 Å². The van der Waals surface area contributed by atoms with Gasteiger partial charge in [-0.05, 0) is 28.1 Å². The van der Waals surface area contributed by atoms with Crippen molar-refractivity contribution in [2.24, 2.45) is 0 Å². The fourth-order valence-electron chi connectivity index (χ4n) is 1.32. The molecule has 94 valence electrons. The average Bonchev–Trinajstić information content (AvgIpc) is 2.28. The lowest BCUT2D eigenvalue weighted by molar-refractivity contribution is 0.478. The van der Waals surface area contributed by atoms with E-state index in [1.807, 2.05) is 18.2 Å². The molecule has 2 aromatic rings. The molecule has 0 unspecified atom stereocenters. The highest BCUT2D eigenvalue weighted by Crippen LogP contribution is 2.25. The number of benzene rings is 1. The van der Waals surface area contributed by atoms with Gasteiger partial charge in [0.25, 0.3) is 0 Å². The van der Waals surface area contributed by atoms with Gasteiger partial charge in [-0.2, -0.15) is 0 Å². The number of rotatable bonds is 3. The Labute approximate surface area is 114 Å². The first-order chi connectivity index (χ1) is 8.45. The van der Waals surface area contributed by atoms with Crippen molar-refractivity contribution in [3.8, 4) is 11.5 Å². The maximum Gasteiger partial charge on any atom is 0.192 e. The largest absolute Gasteiger partial charge is 0.457 e. The quantitative estimate of drug-likeness (QED) is 0.813. The van der Waals surface area contributed by atoms with E-state index in [1.165, 1.54) is 6.07 Å². The molecule has 0 aliphatic heterocycles. The molecule has 0 atom stereocenters. The highest BCUT2D eigenvalue weighted by molar-refractivity contribution is 9.10. The van der Waals surface area contributed by atoms with E-state index in [1.54, 1.807) is 18.2 Å². The van der Waals surface area contributed by atoms with Crippen molar-refractivity contribution in [2.75, 3.05) is 6.26 Å². The minimum Gasteiger partial charge on any atom is -0.457 e. The Balaban J connectivity index is 2.38. The number of halogens is 1. The van der Waals surface area contributed by atoms with Crippen molar-refractivity contribution in [2.45, 2.75) is 5.03 Å². The van der Waals surface area contributed by atoms with Crippen molar-refractivity contribution in [3.63, 3.8) is 0 Å². The molecule has 0 saturated heterocycles. The van der Waals surface area contributed by atoms with Gasteiger partial charge >= 0.3 is 0 Å². The summed E-state index contributed by atoms with van der Waals surface area (Å²) in [6, 6.07) is 12.1. The van der Waals surface area contributed by atoms with Crippen LogP contribution in [0.1, 0.15) is 0 Å². The van der Waals surface area contributed by atoms with Gasteiger partial charge in [-0.15, -0.1) is 0 Å². The van der Waals surface area contributed by atoms with E-state index in [-0.39, 0.29) is 5.03 Å². The van der Waals surface area contributed by atoms with Gasteiger partial charge in [0, 0.05) is 18.4 Å². The van der Waals surface area contributed by atoms with Crippen molar-refractivity contribution >= 4 is 25.8 Å². The van der Waals surface area contributed by atoms with E-state index in [9.17, 15) is 8.42 Å². The van der Waals surface area contributed by atoms with Gasteiger partial charge in [0.1, 0.15) is 16.1 Å². The molecule has 1 aromatic carbocycles. The summed E-state index contributed by atoms with van der Waals surface area (Å²) in [7, 11) is -3.36. The molecule has 0 radical (unpaired) electrons. The highest BCUT2D eigenvalue weighted by atomic mass is 79.9. The summed E-state index contributed by atoms with van der Waals surface area (Å²) in [5.74, 6) is 1.05. The molecule has 18 heavy (non-hydrogen) atoms. The monoisotopic (exact) mass is 327 g/mol. The van der Waals surface area contributed by atoms with Crippen LogP contribution >= 0.6 is 15.9 Å². The summed E-state index contributed by atoms with van der Waals surface area (Å²) in [6.07, 6.45) is 1.11. The predicted molar refractivity (Wildman–Crippen MR) is 71.6 cm³/mol. The summed E-state index contributed by atoms with van der Waals surface area (Å²) in [5, 5.41) is -0.0252. The molecule has 0 saturated carbocycles. The number of hydrogen-bond acceptors (Lipinski definition) is 4. The first-order valence-corrected chi connectivity index (χ1v) is 7.74. The highest BCUT2D eigenvalue weighted by Gasteiger charge is 2.12. The minimum absolute atomic E-state index is 0.0252. The summed E-state index contributed by atoms with van der Waals surface area (Å²) < 4.78 is 28.9. The second-order valence-electron chi connectivity index (χ2n) is 3.65. The number of aromatic nitrogens is 1. The van der Waals surface area contributed by atoms with Gasteiger partial charge in [0.05, 0.1) is 0 Å². The van der Waals surface area contributed by atoms with Crippen LogP contribution in [0.2, 0.25) is 0 Å². The van der Waals surface area contributed by atoms with Crippen LogP contribution in [0.15, 0.2) is 52.1 Å². The summed E-state index contributed by atoms with van der Waals surface area (Å²) in [4.78, 5) is 3.90. The third kappa shape index (κ3) is 3.30. The molecule has 0 amide bonds. The third-order valence-corrected chi connectivity index (χ3v) is 3.48. The van der Waals surface area contributed by atoms with Crippen molar-refractivity contribution in [1.82, 2.24) is 4.98 Å². The van der Waals surface area contributed by atoms with E-state index in [0.29, 0.717) is 16.1 Å². The molecule has 1 aromatic heterocycles. The molecule has 0 fully saturated rings. The Morgan fingerprint density at radius 2 is 1.78 bits per heavy atom. The van der Waals surface area contributed by atoms with Crippen LogP contribution in [0.3, 0.4) is 0 Å². The van der Waals surface area contributed by atoms with E-state index < -0.39 is 9.84 Å². The first-order valence-electron chi connectivity index (χ1n) is 5.06. The molecular weight excluding hydrogens is 318 g/mol. The Bertz CT molecular complexity index is 656. The van der Waals surface area contributed by atoms with E-state index in [4.69, 9.17) is 4.74 Å². The van der Waals surface area contributed by atoms with Crippen LogP contribution in [-0.2, 0) is 9.84 Å². The maximum atomic E-state index is 11.5. The molecular formula is C12H10BrNO3S. The third-order valence-electron chi connectivity index (χ3n) is 2.10. The predicted octanol–water partition coefficient (Wildman–Crippen LogP) is 3.04. The Morgan fingerprint density at radius 1 is 1.11 bits per heavy atom. The number of hydrogen-bond donors (Lipinski definition) is 0. The Hall–Kier alpha value is -1.40. The van der Waals surface area contributed by atoms with Gasteiger partial charge < -0.3 is 4.74 Å². The smallest absolute Gasteiger partial charge is 0.192 e. The van der Waals surface area contributed by atoms with Crippen LogP contribution in [0.25, 0.3) is 0 Å². The SMILES string of the molecule is CS(=O)(=O)c1cc(Oc2ccccc2)cc(Br)n1. The van der Waals surface area contributed by atoms with Crippen LogP contribution in [-0.4, -0.2) is 19.7 Å². The van der Waals surface area contributed by atoms with Crippen molar-refractivity contribution in [3.05, 3.63) is 47.1 Å². The van der Waals surface area contributed by atoms with Crippen molar-refractivity contribution < 1.29 is 13.2 Å². The number of sulfone groups is 1. The molecule has 0 aliphatic carbocycles. The lowest BCUT2D eigenvalue weighted by atomic mass is 10.3. The Kier molecular flexibility index (Phi) is 3.68. The van der Waals surface area contributed by atoms with E-state index in [2.05, 4.69) is 20.9 Å². The fraction of sp³-hybridized carbons (Fsp3) is 0.0833. The van der Waals surface area contributed by atoms with Crippen LogP contribution < -0.4 is 4.74 Å². The molecule has 0 N–H and O–H groups in total. The molecule has 0 bridgehead atoms. The molecule has 0 aliphatic rings. The zero-order chi connectivity index (χ0) is 13.2. The topological polar surface area (TPSA) is 56.3 Å². The lowest BCUT2D eigenvalue weighted by Crippen LogP contribution is -2.01. The Morgan fingerprint density at radius 3 is 2.39 bits per heavy atom. The summed E-state index contributed by atoms with van der Waals surface area (Å²) in [6.45, 7) is 0. The van der Waals surface area contributed by atoms with Gasteiger partial charge in [-0.25, -0.2) is 13.4 Å². The molecule has 6 heteroatoms. The van der Waals surface area contributed by atoms with Gasteiger partial charge in [0.2, 0.25) is 0 Å². The second kappa shape index (κ2) is 5.07. The standard InChI is InChI=1S/C12H10BrNO3S/c1-18(15,16)12-8-10(7-11(13)14-12)17-9-5-3-2-4-6-9/h2-8H,1H3. The zero-order valence-electron chi connectivity index (χ0n) is 9.50. The molecule has 2 rings (SSSR count). The summed E-state index contributed by atoms with van der Waals surface area (Å²) >= 11 is 3.16. The molecule has 1 heterocycles. The number of ether oxygens (including phenoxy) is 1. The van der Waals surface area contributed by atoms with Crippen molar-refractivity contribution in [1.29, 1.82) is 0 Å². The summed E-state index contributed by atoms with van der Waals surface area (Å²) in [5.41, 5.74) is 0. The van der Waals surface area contributed by atoms with Gasteiger partial charge in [-0.3, -0.25) is 0 Å². The fourth-order valence-corrected chi connectivity index (χ4v) is 2.45. The number of para-hydroxylation sites is 1. The molecule has 4 nitrogen and oxygen atoms in total. The first kappa shape index (κ1) is 13.0. The van der Waals surface area contributed by atoms with Gasteiger partial charge in [0.15, 0.2) is 14.9 Å². The maximum absolute atomic E-state index is 11.5. The van der Waals surface area contributed by atoms with Crippen LogP contribution in [0, 0.1) is 0 Å². The van der Waals surface area contributed by atoms with Gasteiger partial charge in [-0.1, -0.05) is 18.2 Å². The number of pyridine rings is 1. The average molecular weight is 328 g/mol. The number of nitrogens with zero attached hydrogens (tertiary/aromatic N) is 1. The zero-order valence-corrected chi connectivity index (χ0v) is 11.9. The normalized spacial score (nSPS) is 11.2.